The minimum absolute atomic E-state index is 0.0655. The lowest BCUT2D eigenvalue weighted by atomic mass is 9.87. The van der Waals surface area contributed by atoms with Crippen molar-refractivity contribution in [2.75, 3.05) is 0 Å². The molecule has 0 bridgehead atoms. The van der Waals surface area contributed by atoms with Crippen LogP contribution < -0.4 is 0 Å². The fourth-order valence-corrected chi connectivity index (χ4v) is 3.20. The van der Waals surface area contributed by atoms with Crippen molar-refractivity contribution in [3.05, 3.63) is 59.2 Å². The lowest BCUT2D eigenvalue weighted by molar-refractivity contribution is 0.562. The molecule has 0 saturated carbocycles. The van der Waals surface area contributed by atoms with Crippen LogP contribution in [0.15, 0.2) is 46.9 Å². The molecule has 2 rings (SSSR count). The second-order valence-corrected chi connectivity index (χ2v) is 9.67. The number of nitrogens with zero attached hydrogens (tertiary/aromatic N) is 1. The predicted molar refractivity (Wildman–Crippen MR) is 110 cm³/mol. The molecule has 24 heavy (non-hydrogen) atoms. The third kappa shape index (κ3) is 4.65. The first kappa shape index (κ1) is 19.1. The highest BCUT2D eigenvalue weighted by Crippen LogP contribution is 2.28. The van der Waals surface area contributed by atoms with Crippen LogP contribution in [0.25, 0.3) is 0 Å². The van der Waals surface area contributed by atoms with Gasteiger partial charge in [-0.05, 0) is 50.0 Å². The molecular weight excluding hydrogens is 334 g/mol. The van der Waals surface area contributed by atoms with Crippen molar-refractivity contribution in [1.29, 1.82) is 0 Å². The van der Waals surface area contributed by atoms with Gasteiger partial charge in [0.25, 0.3) is 0 Å². The van der Waals surface area contributed by atoms with Gasteiger partial charge < -0.3 is 4.55 Å². The summed E-state index contributed by atoms with van der Waals surface area (Å²) in [5.41, 5.74) is 3.34. The second-order valence-electron chi connectivity index (χ2n) is 7.26. The van der Waals surface area contributed by atoms with E-state index in [0.29, 0.717) is 5.92 Å². The Morgan fingerprint density at radius 1 is 1.25 bits per heavy atom. The minimum atomic E-state index is -1.27. The van der Waals surface area contributed by atoms with E-state index in [9.17, 15) is 4.55 Å². The van der Waals surface area contributed by atoms with Crippen LogP contribution in [-0.2, 0) is 11.4 Å². The van der Waals surface area contributed by atoms with Crippen LogP contribution in [-0.4, -0.2) is 20.4 Å². The first-order chi connectivity index (χ1) is 11.2. The molecule has 1 aromatic rings. The van der Waals surface area contributed by atoms with E-state index in [-0.39, 0.29) is 10.7 Å². The molecule has 128 valence electrons. The van der Waals surface area contributed by atoms with Crippen LogP contribution in [0.4, 0.5) is 0 Å². The van der Waals surface area contributed by atoms with Crippen molar-refractivity contribution >= 4 is 34.7 Å². The van der Waals surface area contributed by atoms with Gasteiger partial charge in [0.1, 0.15) is 16.1 Å². The smallest absolute Gasteiger partial charge is 0.144 e. The Labute approximate surface area is 154 Å². The van der Waals surface area contributed by atoms with Crippen molar-refractivity contribution in [2.45, 2.75) is 51.2 Å². The Morgan fingerprint density at radius 3 is 2.54 bits per heavy atom. The molecule has 0 radical (unpaired) electrons. The Balaban J connectivity index is 2.44. The van der Waals surface area contributed by atoms with Gasteiger partial charge in [-0.15, -0.1) is 0 Å². The Bertz CT molecular complexity index is 696. The molecule has 1 aliphatic carbocycles. The highest BCUT2D eigenvalue weighted by Gasteiger charge is 2.26. The average Bonchev–Trinajstić information content (AvgIpc) is 2.52. The summed E-state index contributed by atoms with van der Waals surface area (Å²) in [5, 5.41) is 0. The normalized spacial score (nSPS) is 19.5. The Hall–Kier alpha value is -1.23. The molecule has 4 heteroatoms. The van der Waals surface area contributed by atoms with E-state index in [1.54, 1.807) is 6.21 Å². The SMILES string of the molecule is CC(C)c1ccc(C2C=CC=CC2=S)c(/C=N/[S+]([O-])C(C)(C)C)c1. The van der Waals surface area contributed by atoms with Crippen LogP contribution >= 0.6 is 12.2 Å². The standard InChI is InChI=1S/C20H25NOS2/c1-14(2)15-10-11-17(18-8-6-7-9-19(18)23)16(12-15)13-21-24(22)20(3,4)5/h6-14,18H,1-5H3/b21-13+. The number of hydrogen-bond acceptors (Lipinski definition) is 3. The van der Waals surface area contributed by atoms with Crippen molar-refractivity contribution in [3.63, 3.8) is 0 Å². The second kappa shape index (κ2) is 7.77. The first-order valence-corrected chi connectivity index (χ1v) is 9.70. The summed E-state index contributed by atoms with van der Waals surface area (Å²) in [6.07, 6.45) is 9.79. The largest absolute Gasteiger partial charge is 0.591 e. The number of rotatable bonds is 4. The van der Waals surface area contributed by atoms with Gasteiger partial charge in [-0.1, -0.05) is 60.8 Å². The van der Waals surface area contributed by atoms with Crippen LogP contribution in [0.3, 0.4) is 0 Å². The van der Waals surface area contributed by atoms with Crippen LogP contribution in [0.2, 0.25) is 0 Å². The summed E-state index contributed by atoms with van der Waals surface area (Å²) in [6, 6.07) is 6.40. The zero-order chi connectivity index (χ0) is 17.9. The third-order valence-electron chi connectivity index (χ3n) is 3.91. The lowest BCUT2D eigenvalue weighted by Gasteiger charge is -2.20. The van der Waals surface area contributed by atoms with Gasteiger partial charge in [0.15, 0.2) is 0 Å². The van der Waals surface area contributed by atoms with Gasteiger partial charge in [0, 0.05) is 16.3 Å². The number of allylic oxidation sites excluding steroid dienone is 4. The summed E-state index contributed by atoms with van der Waals surface area (Å²) >= 11 is 4.23. The molecule has 0 aromatic heterocycles. The molecule has 0 heterocycles. The van der Waals surface area contributed by atoms with Crippen molar-refractivity contribution < 1.29 is 4.55 Å². The van der Waals surface area contributed by atoms with Gasteiger partial charge in [-0.3, -0.25) is 0 Å². The predicted octanol–water partition coefficient (Wildman–Crippen LogP) is 5.27. The molecule has 0 spiro atoms. The summed E-state index contributed by atoms with van der Waals surface area (Å²) < 4.78 is 16.2. The summed E-state index contributed by atoms with van der Waals surface area (Å²) in [7, 11) is 0. The van der Waals surface area contributed by atoms with Gasteiger partial charge in [-0.25, -0.2) is 0 Å². The van der Waals surface area contributed by atoms with E-state index in [4.69, 9.17) is 12.2 Å². The van der Waals surface area contributed by atoms with E-state index in [2.05, 4.69) is 42.5 Å². The van der Waals surface area contributed by atoms with E-state index >= 15 is 0 Å². The third-order valence-corrected chi connectivity index (χ3v) is 5.64. The molecule has 1 aliphatic rings. The fraction of sp³-hybridized carbons (Fsp3) is 0.400. The monoisotopic (exact) mass is 359 g/mol. The molecule has 1 aromatic carbocycles. The molecule has 2 nitrogen and oxygen atoms in total. The summed E-state index contributed by atoms with van der Waals surface area (Å²) in [4.78, 5) is 0.890. The summed E-state index contributed by atoms with van der Waals surface area (Å²) in [6.45, 7) is 10.1. The molecule has 2 atom stereocenters. The molecule has 0 saturated heterocycles. The van der Waals surface area contributed by atoms with Gasteiger partial charge >= 0.3 is 0 Å². The van der Waals surface area contributed by atoms with Crippen LogP contribution in [0, 0.1) is 0 Å². The topological polar surface area (TPSA) is 35.4 Å². The minimum Gasteiger partial charge on any atom is -0.591 e. The maximum Gasteiger partial charge on any atom is 0.144 e. The highest BCUT2D eigenvalue weighted by molar-refractivity contribution is 7.91. The molecule has 2 unspecified atom stereocenters. The van der Waals surface area contributed by atoms with Gasteiger partial charge in [0.2, 0.25) is 0 Å². The van der Waals surface area contributed by atoms with Crippen molar-refractivity contribution in [2.24, 2.45) is 4.40 Å². The van der Waals surface area contributed by atoms with Crippen LogP contribution in [0.5, 0.6) is 0 Å². The van der Waals surface area contributed by atoms with Crippen molar-refractivity contribution in [1.82, 2.24) is 0 Å². The fourth-order valence-electron chi connectivity index (χ4n) is 2.39. The van der Waals surface area contributed by atoms with E-state index < -0.39 is 11.4 Å². The van der Waals surface area contributed by atoms with E-state index in [1.807, 2.05) is 39.0 Å². The Morgan fingerprint density at radius 2 is 1.96 bits per heavy atom. The number of benzene rings is 1. The lowest BCUT2D eigenvalue weighted by Crippen LogP contribution is -2.26. The zero-order valence-electron chi connectivity index (χ0n) is 14.9. The van der Waals surface area contributed by atoms with Crippen LogP contribution in [0.1, 0.15) is 63.1 Å². The van der Waals surface area contributed by atoms with E-state index in [1.165, 1.54) is 5.56 Å². The van der Waals surface area contributed by atoms with E-state index in [0.717, 1.165) is 16.0 Å². The van der Waals surface area contributed by atoms with Crippen molar-refractivity contribution in [3.8, 4) is 0 Å². The molecule has 0 amide bonds. The quantitative estimate of drug-likeness (QED) is 0.417. The Kier molecular flexibility index (Phi) is 6.18. The molecule has 0 N–H and O–H groups in total. The molecule has 0 aliphatic heterocycles. The number of thiocarbonyl (C=S) groups is 1. The first-order valence-electron chi connectivity index (χ1n) is 8.19. The average molecular weight is 360 g/mol. The number of hydrogen-bond donors (Lipinski definition) is 0. The van der Waals surface area contributed by atoms with Gasteiger partial charge in [-0.2, -0.15) is 0 Å². The highest BCUT2D eigenvalue weighted by atomic mass is 32.2. The van der Waals surface area contributed by atoms with Gasteiger partial charge in [0.05, 0.1) is 6.21 Å². The maximum atomic E-state index is 12.3. The molecular formula is C20H25NOS2. The molecule has 0 fully saturated rings. The maximum absolute atomic E-state index is 12.3. The zero-order valence-corrected chi connectivity index (χ0v) is 16.6. The summed E-state index contributed by atoms with van der Waals surface area (Å²) in [5.74, 6) is 0.490.